The third-order valence-electron chi connectivity index (χ3n) is 4.60. The molecule has 2 atom stereocenters. The SMILES string of the molecule is O=C(O)CCCC(=O)N=C1SC2CS(=O)(=O)CC2N1c1ccc(Cl)c(C(F)(F)F)c1. The van der Waals surface area contributed by atoms with E-state index in [1.165, 1.54) is 11.0 Å². The minimum Gasteiger partial charge on any atom is -0.481 e. The molecule has 3 rings (SSSR count). The van der Waals surface area contributed by atoms with Crippen LogP contribution in [-0.2, 0) is 25.6 Å². The monoisotopic (exact) mass is 484 g/mol. The number of carboxylic acids is 1. The van der Waals surface area contributed by atoms with Crippen molar-refractivity contribution in [3.8, 4) is 0 Å². The van der Waals surface area contributed by atoms with Crippen LogP contribution in [0.2, 0.25) is 5.02 Å². The van der Waals surface area contributed by atoms with Crippen molar-refractivity contribution in [2.24, 2.45) is 4.99 Å². The van der Waals surface area contributed by atoms with E-state index in [-0.39, 0.29) is 41.6 Å². The van der Waals surface area contributed by atoms with Crippen LogP contribution in [0.25, 0.3) is 0 Å². The van der Waals surface area contributed by atoms with Crippen molar-refractivity contribution in [2.45, 2.75) is 36.7 Å². The van der Waals surface area contributed by atoms with E-state index in [1.807, 2.05) is 0 Å². The second-order valence-electron chi connectivity index (χ2n) is 6.87. The van der Waals surface area contributed by atoms with Crippen molar-refractivity contribution in [1.29, 1.82) is 0 Å². The molecule has 2 fully saturated rings. The molecule has 0 saturated carbocycles. The van der Waals surface area contributed by atoms with Crippen LogP contribution >= 0.6 is 23.4 Å². The van der Waals surface area contributed by atoms with Gasteiger partial charge in [0, 0.05) is 23.8 Å². The van der Waals surface area contributed by atoms with Gasteiger partial charge in [-0.05, 0) is 24.6 Å². The molecule has 2 aliphatic rings. The minimum atomic E-state index is -4.72. The Balaban J connectivity index is 1.95. The van der Waals surface area contributed by atoms with Gasteiger partial charge in [-0.2, -0.15) is 18.2 Å². The zero-order chi connectivity index (χ0) is 22.3. The summed E-state index contributed by atoms with van der Waals surface area (Å²) in [6.45, 7) is 0. The summed E-state index contributed by atoms with van der Waals surface area (Å²) in [5.74, 6) is -2.14. The molecule has 0 radical (unpaired) electrons. The highest BCUT2D eigenvalue weighted by atomic mass is 35.5. The Bertz CT molecular complexity index is 1010. The molecule has 0 bridgehead atoms. The average molecular weight is 485 g/mol. The van der Waals surface area contributed by atoms with Crippen LogP contribution in [0.5, 0.6) is 0 Å². The number of carboxylic acid groups (broad SMARTS) is 1. The zero-order valence-electron chi connectivity index (χ0n) is 15.2. The third-order valence-corrected chi connectivity index (χ3v) is 8.14. The number of rotatable bonds is 5. The molecule has 1 amide bonds. The van der Waals surface area contributed by atoms with E-state index in [0.717, 1.165) is 23.9 Å². The first kappa shape index (κ1) is 22.9. The van der Waals surface area contributed by atoms with Crippen molar-refractivity contribution in [2.75, 3.05) is 16.4 Å². The van der Waals surface area contributed by atoms with Crippen molar-refractivity contribution in [3.63, 3.8) is 0 Å². The average Bonchev–Trinajstić information content (AvgIpc) is 3.05. The second kappa shape index (κ2) is 8.39. The van der Waals surface area contributed by atoms with E-state index < -0.39 is 49.8 Å². The molecule has 2 heterocycles. The van der Waals surface area contributed by atoms with Gasteiger partial charge in [0.05, 0.1) is 28.1 Å². The van der Waals surface area contributed by atoms with Crippen molar-refractivity contribution in [3.05, 3.63) is 28.8 Å². The topological polar surface area (TPSA) is 104 Å². The first-order valence-electron chi connectivity index (χ1n) is 8.74. The maximum absolute atomic E-state index is 13.3. The summed E-state index contributed by atoms with van der Waals surface area (Å²) in [6.07, 6.45) is -5.02. The Morgan fingerprint density at radius 3 is 2.60 bits per heavy atom. The van der Waals surface area contributed by atoms with Crippen LogP contribution in [0.3, 0.4) is 0 Å². The first-order chi connectivity index (χ1) is 13.9. The molecule has 1 N–H and O–H groups in total. The summed E-state index contributed by atoms with van der Waals surface area (Å²) >= 11 is 6.69. The number of hydrogen-bond acceptors (Lipinski definition) is 5. The summed E-state index contributed by atoms with van der Waals surface area (Å²) in [7, 11) is -3.38. The lowest BCUT2D eigenvalue weighted by molar-refractivity contribution is -0.138. The number of hydrogen-bond donors (Lipinski definition) is 1. The van der Waals surface area contributed by atoms with Crippen molar-refractivity contribution in [1.82, 2.24) is 0 Å². The summed E-state index contributed by atoms with van der Waals surface area (Å²) in [5, 5.41) is 7.76. The first-order valence-corrected chi connectivity index (χ1v) is 11.8. The highest BCUT2D eigenvalue weighted by Crippen LogP contribution is 2.43. The Hall–Kier alpha value is -1.79. The maximum atomic E-state index is 13.3. The number of halogens is 4. The fraction of sp³-hybridized carbons (Fsp3) is 0.471. The number of anilines is 1. The summed E-state index contributed by atoms with van der Waals surface area (Å²) < 4.78 is 63.9. The standard InChI is InChI=1S/C17H16ClF3N2O5S2/c18-11-5-4-9(6-10(11)17(19,20)21)23-12-7-30(27,28)8-13(12)29-16(23)22-14(24)2-1-3-15(25)26/h4-6,12-13H,1-3,7-8H2,(H,25,26). The molecule has 0 aliphatic carbocycles. The number of sulfone groups is 1. The zero-order valence-corrected chi connectivity index (χ0v) is 17.6. The number of amidine groups is 1. The molecular formula is C17H16ClF3N2O5S2. The Morgan fingerprint density at radius 1 is 1.27 bits per heavy atom. The minimum absolute atomic E-state index is 0.0286. The molecule has 2 aliphatic heterocycles. The fourth-order valence-electron chi connectivity index (χ4n) is 3.30. The van der Waals surface area contributed by atoms with Gasteiger partial charge in [-0.1, -0.05) is 23.4 Å². The predicted molar refractivity (Wildman–Crippen MR) is 107 cm³/mol. The Kier molecular flexibility index (Phi) is 6.40. The van der Waals surface area contributed by atoms with E-state index in [2.05, 4.69) is 4.99 Å². The van der Waals surface area contributed by atoms with Gasteiger partial charge >= 0.3 is 12.1 Å². The lowest BCUT2D eigenvalue weighted by Crippen LogP contribution is -2.37. The van der Waals surface area contributed by atoms with E-state index in [4.69, 9.17) is 16.7 Å². The Morgan fingerprint density at radius 2 is 1.97 bits per heavy atom. The normalized spacial score (nSPS) is 24.3. The molecule has 1 aromatic rings. The highest BCUT2D eigenvalue weighted by Gasteiger charge is 2.49. The van der Waals surface area contributed by atoms with E-state index in [9.17, 15) is 31.2 Å². The number of carbonyl (C=O) groups is 2. The van der Waals surface area contributed by atoms with Gasteiger partial charge in [0.1, 0.15) is 0 Å². The van der Waals surface area contributed by atoms with Crippen LogP contribution in [0, 0.1) is 0 Å². The number of thioether (sulfide) groups is 1. The summed E-state index contributed by atoms with van der Waals surface area (Å²) in [5.41, 5.74) is -1.05. The van der Waals surface area contributed by atoms with Crippen LogP contribution in [-0.4, -0.2) is 53.4 Å². The Labute approximate surface area is 179 Å². The van der Waals surface area contributed by atoms with Gasteiger partial charge < -0.3 is 10.0 Å². The van der Waals surface area contributed by atoms with Gasteiger partial charge in [0.25, 0.3) is 0 Å². The number of carbonyl (C=O) groups excluding carboxylic acids is 1. The molecule has 2 saturated heterocycles. The molecule has 2 unspecified atom stereocenters. The fourth-order valence-corrected chi connectivity index (χ4v) is 7.46. The number of alkyl halides is 3. The number of fused-ring (bicyclic) bond motifs is 1. The lowest BCUT2D eigenvalue weighted by Gasteiger charge is -2.25. The molecule has 7 nitrogen and oxygen atoms in total. The molecule has 0 spiro atoms. The molecule has 1 aromatic carbocycles. The summed E-state index contributed by atoms with van der Waals surface area (Å²) in [4.78, 5) is 28.0. The number of amides is 1. The van der Waals surface area contributed by atoms with Gasteiger partial charge in [0.2, 0.25) is 5.91 Å². The number of benzene rings is 1. The molecule has 164 valence electrons. The number of nitrogens with zero attached hydrogens (tertiary/aromatic N) is 2. The maximum Gasteiger partial charge on any atom is 0.417 e. The van der Waals surface area contributed by atoms with Gasteiger partial charge in [-0.3, -0.25) is 9.59 Å². The van der Waals surface area contributed by atoms with Crippen molar-refractivity contribution < 1.29 is 36.3 Å². The van der Waals surface area contributed by atoms with Crippen molar-refractivity contribution >= 4 is 55.9 Å². The molecular weight excluding hydrogens is 469 g/mol. The molecule has 0 aromatic heterocycles. The van der Waals surface area contributed by atoms with Crippen LogP contribution in [0.1, 0.15) is 24.8 Å². The van der Waals surface area contributed by atoms with Gasteiger partial charge in [-0.25, -0.2) is 8.42 Å². The third kappa shape index (κ3) is 5.09. The highest BCUT2D eigenvalue weighted by molar-refractivity contribution is 8.16. The molecule has 30 heavy (non-hydrogen) atoms. The van der Waals surface area contributed by atoms with Gasteiger partial charge in [-0.15, -0.1) is 0 Å². The van der Waals surface area contributed by atoms with Crippen LogP contribution < -0.4 is 4.90 Å². The van der Waals surface area contributed by atoms with E-state index >= 15 is 0 Å². The van der Waals surface area contributed by atoms with Crippen LogP contribution in [0.15, 0.2) is 23.2 Å². The second-order valence-corrected chi connectivity index (χ2v) is 10.6. The largest absolute Gasteiger partial charge is 0.481 e. The smallest absolute Gasteiger partial charge is 0.417 e. The van der Waals surface area contributed by atoms with E-state index in [0.29, 0.717) is 0 Å². The quantitative estimate of drug-likeness (QED) is 0.684. The predicted octanol–water partition coefficient (Wildman–Crippen LogP) is 3.22. The number of aliphatic imine (C=N–C) groups is 1. The molecule has 13 heteroatoms. The summed E-state index contributed by atoms with van der Waals surface area (Å²) in [6, 6.07) is 2.51. The van der Waals surface area contributed by atoms with E-state index in [1.54, 1.807) is 0 Å². The van der Waals surface area contributed by atoms with Gasteiger partial charge in [0.15, 0.2) is 15.0 Å². The number of aliphatic carboxylic acids is 1. The lowest BCUT2D eigenvalue weighted by atomic mass is 10.1. The van der Waals surface area contributed by atoms with Crippen LogP contribution in [0.4, 0.5) is 18.9 Å².